The van der Waals surface area contributed by atoms with Gasteiger partial charge in [-0.2, -0.15) is 0 Å². The van der Waals surface area contributed by atoms with Crippen molar-refractivity contribution in [3.63, 3.8) is 0 Å². The molecule has 1 aliphatic heterocycles. The number of hydrogen-bond donors (Lipinski definition) is 0. The number of ketones is 2. The Morgan fingerprint density at radius 3 is 2.59 bits per heavy atom. The van der Waals surface area contributed by atoms with E-state index >= 15 is 0 Å². The van der Waals surface area contributed by atoms with Gasteiger partial charge in [0.2, 0.25) is 0 Å². The van der Waals surface area contributed by atoms with Crippen LogP contribution in [-0.2, 0) is 9.53 Å². The highest BCUT2D eigenvalue weighted by atomic mass is 16.5. The van der Waals surface area contributed by atoms with Crippen LogP contribution in [0.4, 0.5) is 0 Å². The van der Waals surface area contributed by atoms with E-state index < -0.39 is 0 Å². The number of carbonyl (C=O) groups excluding carboxylic acids is 2. The van der Waals surface area contributed by atoms with Crippen molar-refractivity contribution in [2.24, 2.45) is 0 Å². The van der Waals surface area contributed by atoms with Crippen molar-refractivity contribution in [3.8, 4) is 0 Å². The van der Waals surface area contributed by atoms with E-state index in [0.717, 1.165) is 5.56 Å². The molecule has 0 N–H and O–H groups in total. The smallest absolute Gasteiger partial charge is 0.191 e. The molecule has 0 amide bonds. The summed E-state index contributed by atoms with van der Waals surface area (Å²) in [4.78, 5) is 23.4. The van der Waals surface area contributed by atoms with E-state index in [1.807, 2.05) is 19.1 Å². The second kappa shape index (κ2) is 4.63. The molecule has 0 bridgehead atoms. The van der Waals surface area contributed by atoms with Gasteiger partial charge in [-0.1, -0.05) is 29.8 Å². The summed E-state index contributed by atoms with van der Waals surface area (Å²) in [7, 11) is 0. The Bertz CT molecular complexity index is 483. The van der Waals surface area contributed by atoms with Crippen molar-refractivity contribution in [3.05, 3.63) is 47.0 Å². The van der Waals surface area contributed by atoms with Gasteiger partial charge in [0.25, 0.3) is 0 Å². The Morgan fingerprint density at radius 2 is 1.94 bits per heavy atom. The summed E-state index contributed by atoms with van der Waals surface area (Å²) < 4.78 is 5.23. The van der Waals surface area contributed by atoms with Gasteiger partial charge in [-0.05, 0) is 19.9 Å². The van der Waals surface area contributed by atoms with Gasteiger partial charge in [-0.25, -0.2) is 0 Å². The number of carbonyl (C=O) groups is 2. The first kappa shape index (κ1) is 11.7. The van der Waals surface area contributed by atoms with Crippen molar-refractivity contribution in [1.29, 1.82) is 0 Å². The van der Waals surface area contributed by atoms with Gasteiger partial charge >= 0.3 is 0 Å². The van der Waals surface area contributed by atoms with Gasteiger partial charge in [-0.15, -0.1) is 0 Å². The third-order valence-corrected chi connectivity index (χ3v) is 2.81. The molecule has 0 spiro atoms. The Balaban J connectivity index is 2.31. The lowest BCUT2D eigenvalue weighted by Crippen LogP contribution is -2.27. The molecule has 88 valence electrons. The molecular weight excluding hydrogens is 216 g/mol. The van der Waals surface area contributed by atoms with E-state index in [0.29, 0.717) is 11.1 Å². The molecule has 17 heavy (non-hydrogen) atoms. The lowest BCUT2D eigenvalue weighted by atomic mass is 9.96. The fraction of sp³-hybridized carbons (Fsp3) is 0.286. The highest BCUT2D eigenvalue weighted by molar-refractivity contribution is 6.13. The van der Waals surface area contributed by atoms with Gasteiger partial charge in [0, 0.05) is 11.1 Å². The third kappa shape index (κ3) is 2.50. The minimum atomic E-state index is -0.318. The van der Waals surface area contributed by atoms with Crippen LogP contribution in [0.1, 0.15) is 22.8 Å². The molecule has 1 aromatic rings. The van der Waals surface area contributed by atoms with Crippen LogP contribution in [0.15, 0.2) is 35.9 Å². The molecule has 1 heterocycles. The first-order chi connectivity index (χ1) is 8.08. The van der Waals surface area contributed by atoms with Gasteiger partial charge in [0.05, 0.1) is 6.10 Å². The molecule has 1 aromatic carbocycles. The minimum absolute atomic E-state index is 0.0614. The van der Waals surface area contributed by atoms with Gasteiger partial charge < -0.3 is 4.74 Å². The van der Waals surface area contributed by atoms with Gasteiger partial charge in [0.1, 0.15) is 6.61 Å². The fourth-order valence-corrected chi connectivity index (χ4v) is 1.75. The van der Waals surface area contributed by atoms with Crippen LogP contribution in [0, 0.1) is 6.92 Å². The molecule has 0 aromatic heterocycles. The first-order valence-electron chi connectivity index (χ1n) is 5.55. The zero-order valence-electron chi connectivity index (χ0n) is 9.90. The Morgan fingerprint density at radius 1 is 1.29 bits per heavy atom. The van der Waals surface area contributed by atoms with E-state index in [-0.39, 0.29) is 24.3 Å². The predicted octanol–water partition coefficient (Wildman–Crippen LogP) is 2.09. The Labute approximate surface area is 100 Å². The Kier molecular flexibility index (Phi) is 3.20. The van der Waals surface area contributed by atoms with Crippen LogP contribution in [0.2, 0.25) is 0 Å². The predicted molar refractivity (Wildman–Crippen MR) is 64.0 cm³/mol. The van der Waals surface area contributed by atoms with E-state index in [1.54, 1.807) is 19.1 Å². The van der Waals surface area contributed by atoms with Crippen LogP contribution in [-0.4, -0.2) is 24.3 Å². The molecule has 0 saturated carbocycles. The van der Waals surface area contributed by atoms with Crippen molar-refractivity contribution < 1.29 is 14.3 Å². The molecule has 2 rings (SSSR count). The number of rotatable bonds is 2. The van der Waals surface area contributed by atoms with E-state index in [2.05, 4.69) is 0 Å². The quantitative estimate of drug-likeness (QED) is 0.731. The summed E-state index contributed by atoms with van der Waals surface area (Å²) in [5, 5.41) is 0. The van der Waals surface area contributed by atoms with E-state index in [4.69, 9.17) is 4.74 Å². The molecule has 1 aliphatic rings. The molecule has 1 atom stereocenters. The zero-order chi connectivity index (χ0) is 12.4. The monoisotopic (exact) mass is 230 g/mol. The average Bonchev–Trinajstić information content (AvgIpc) is 2.32. The Hall–Kier alpha value is -1.74. The van der Waals surface area contributed by atoms with Crippen LogP contribution in [0.3, 0.4) is 0 Å². The van der Waals surface area contributed by atoms with Crippen LogP contribution < -0.4 is 0 Å². The third-order valence-electron chi connectivity index (χ3n) is 2.81. The van der Waals surface area contributed by atoms with Crippen LogP contribution in [0.25, 0.3) is 0 Å². The number of benzene rings is 1. The SMILES string of the molecule is Cc1ccc(C(=O)C2=CC(=O)COC2C)cc1. The fourth-order valence-electron chi connectivity index (χ4n) is 1.75. The average molecular weight is 230 g/mol. The lowest BCUT2D eigenvalue weighted by molar-refractivity contribution is -0.121. The molecule has 3 nitrogen and oxygen atoms in total. The second-order valence-corrected chi connectivity index (χ2v) is 4.21. The number of ether oxygens (including phenoxy) is 1. The van der Waals surface area contributed by atoms with Crippen molar-refractivity contribution >= 4 is 11.6 Å². The van der Waals surface area contributed by atoms with E-state index in [1.165, 1.54) is 6.08 Å². The maximum absolute atomic E-state index is 12.2. The number of hydrogen-bond acceptors (Lipinski definition) is 3. The largest absolute Gasteiger partial charge is 0.366 e. The lowest BCUT2D eigenvalue weighted by Gasteiger charge is -2.19. The maximum Gasteiger partial charge on any atom is 0.191 e. The van der Waals surface area contributed by atoms with Crippen molar-refractivity contribution in [1.82, 2.24) is 0 Å². The van der Waals surface area contributed by atoms with Crippen LogP contribution in [0.5, 0.6) is 0 Å². The molecular formula is C14H14O3. The number of aryl methyl sites for hydroxylation is 1. The normalized spacial score (nSPS) is 20.0. The highest BCUT2D eigenvalue weighted by Crippen LogP contribution is 2.18. The molecule has 0 radical (unpaired) electrons. The summed E-state index contributed by atoms with van der Waals surface area (Å²) in [6, 6.07) is 7.29. The topological polar surface area (TPSA) is 43.4 Å². The van der Waals surface area contributed by atoms with Gasteiger partial charge in [-0.3, -0.25) is 9.59 Å². The summed E-state index contributed by atoms with van der Waals surface area (Å²) >= 11 is 0. The zero-order valence-corrected chi connectivity index (χ0v) is 9.90. The summed E-state index contributed by atoms with van der Waals surface area (Å²) in [5.41, 5.74) is 2.12. The van der Waals surface area contributed by atoms with Crippen LogP contribution >= 0.6 is 0 Å². The van der Waals surface area contributed by atoms with E-state index in [9.17, 15) is 9.59 Å². The molecule has 1 unspecified atom stereocenters. The summed E-state index contributed by atoms with van der Waals surface area (Å²) in [5.74, 6) is -0.288. The molecule has 0 aliphatic carbocycles. The summed E-state index contributed by atoms with van der Waals surface area (Å²) in [6.45, 7) is 3.81. The molecule has 0 saturated heterocycles. The highest BCUT2D eigenvalue weighted by Gasteiger charge is 2.24. The molecule has 0 fully saturated rings. The van der Waals surface area contributed by atoms with Crippen molar-refractivity contribution in [2.45, 2.75) is 20.0 Å². The maximum atomic E-state index is 12.2. The minimum Gasteiger partial charge on any atom is -0.366 e. The van der Waals surface area contributed by atoms with Crippen molar-refractivity contribution in [2.75, 3.05) is 6.61 Å². The first-order valence-corrected chi connectivity index (χ1v) is 5.55. The molecule has 3 heteroatoms. The van der Waals surface area contributed by atoms with Gasteiger partial charge in [0.15, 0.2) is 11.6 Å². The second-order valence-electron chi connectivity index (χ2n) is 4.21. The standard InChI is InChI=1S/C14H14O3/c1-9-3-5-11(6-4-9)14(16)13-7-12(15)8-17-10(13)2/h3-7,10H,8H2,1-2H3. The summed E-state index contributed by atoms with van der Waals surface area (Å²) in [6.07, 6.45) is 1.08. The number of Topliss-reactive ketones (excluding diaryl/α,β-unsaturated/α-hetero) is 1.